The van der Waals surface area contributed by atoms with Crippen LogP contribution in [0.3, 0.4) is 0 Å². The Labute approximate surface area is 103 Å². The number of aliphatic hydroxyl groups is 1. The molecule has 86 valence electrons. The molecular weight excluding hydrogens is 276 g/mol. The Balaban J connectivity index is 2.25. The topological polar surface area (TPSA) is 49.5 Å². The van der Waals surface area contributed by atoms with Gasteiger partial charge in [0.1, 0.15) is 0 Å². The summed E-state index contributed by atoms with van der Waals surface area (Å²) in [5.41, 5.74) is 5.35. The number of nitrogens with zero attached hydrogens (tertiary/aromatic N) is 1. The molecule has 0 bridgehead atoms. The van der Waals surface area contributed by atoms with Crippen LogP contribution >= 0.6 is 27.3 Å². The highest BCUT2D eigenvalue weighted by atomic mass is 79.9. The average Bonchev–Trinajstić information content (AvgIpc) is 2.61. The lowest BCUT2D eigenvalue weighted by Crippen LogP contribution is -2.35. The van der Waals surface area contributed by atoms with Crippen molar-refractivity contribution in [3.63, 3.8) is 0 Å². The molecule has 0 aromatic carbocycles. The van der Waals surface area contributed by atoms with Crippen molar-refractivity contribution in [3.8, 4) is 0 Å². The number of rotatable bonds is 6. The number of hydrogen-bond donors (Lipinski definition) is 2. The first kappa shape index (κ1) is 13.1. The Morgan fingerprint density at radius 1 is 1.60 bits per heavy atom. The van der Waals surface area contributed by atoms with Crippen LogP contribution in [0.15, 0.2) is 15.9 Å². The second kappa shape index (κ2) is 6.60. The van der Waals surface area contributed by atoms with Gasteiger partial charge in [-0.2, -0.15) is 0 Å². The normalized spacial score (nSPS) is 13.4. The Hall–Kier alpha value is 0.0600. The summed E-state index contributed by atoms with van der Waals surface area (Å²) in [5, 5.41) is 9.36. The summed E-state index contributed by atoms with van der Waals surface area (Å²) in [6.07, 6.45) is 0.606. The zero-order valence-electron chi connectivity index (χ0n) is 8.82. The molecule has 1 unspecified atom stereocenters. The van der Waals surface area contributed by atoms with Crippen LogP contribution in [0.2, 0.25) is 0 Å². The van der Waals surface area contributed by atoms with Crippen molar-refractivity contribution in [2.45, 2.75) is 12.5 Å². The molecule has 0 aliphatic heterocycles. The summed E-state index contributed by atoms with van der Waals surface area (Å²) < 4.78 is 1.17. The maximum absolute atomic E-state index is 9.36. The Bertz CT molecular complexity index is 293. The van der Waals surface area contributed by atoms with E-state index in [1.807, 2.05) is 7.05 Å². The van der Waals surface area contributed by atoms with Gasteiger partial charge < -0.3 is 15.7 Å². The lowest BCUT2D eigenvalue weighted by molar-refractivity contribution is 0.133. The van der Waals surface area contributed by atoms with Crippen molar-refractivity contribution in [2.24, 2.45) is 5.73 Å². The van der Waals surface area contributed by atoms with E-state index in [0.717, 1.165) is 13.0 Å². The number of likely N-dealkylation sites (N-methyl/N-ethyl adjacent to an activating group) is 1. The Morgan fingerprint density at radius 2 is 2.33 bits per heavy atom. The minimum Gasteiger partial charge on any atom is -0.390 e. The van der Waals surface area contributed by atoms with Crippen molar-refractivity contribution in [2.75, 3.05) is 26.7 Å². The maximum atomic E-state index is 9.36. The van der Waals surface area contributed by atoms with Gasteiger partial charge in [-0.1, -0.05) is 0 Å². The van der Waals surface area contributed by atoms with E-state index in [-0.39, 0.29) is 0 Å². The first-order chi connectivity index (χ1) is 7.11. The van der Waals surface area contributed by atoms with E-state index in [2.05, 4.69) is 33.0 Å². The van der Waals surface area contributed by atoms with E-state index in [0.29, 0.717) is 13.1 Å². The monoisotopic (exact) mass is 292 g/mol. The molecule has 0 radical (unpaired) electrons. The van der Waals surface area contributed by atoms with E-state index in [1.165, 1.54) is 8.66 Å². The van der Waals surface area contributed by atoms with Gasteiger partial charge >= 0.3 is 0 Å². The zero-order valence-corrected chi connectivity index (χ0v) is 11.2. The summed E-state index contributed by atoms with van der Waals surface area (Å²) in [6, 6.07) is 4.19. The van der Waals surface area contributed by atoms with Gasteiger partial charge in [-0.3, -0.25) is 0 Å². The minimum absolute atomic E-state index is 0.328. The average molecular weight is 293 g/mol. The van der Waals surface area contributed by atoms with Gasteiger partial charge in [-0.15, -0.1) is 11.3 Å². The molecule has 0 aliphatic rings. The molecule has 1 heterocycles. The van der Waals surface area contributed by atoms with Gasteiger partial charge in [0.2, 0.25) is 0 Å². The molecular formula is C10H17BrN2OS. The van der Waals surface area contributed by atoms with Crippen molar-refractivity contribution in [3.05, 3.63) is 20.8 Å². The van der Waals surface area contributed by atoms with Crippen molar-refractivity contribution >= 4 is 27.3 Å². The zero-order chi connectivity index (χ0) is 11.3. The molecule has 0 aliphatic carbocycles. The first-order valence-corrected chi connectivity index (χ1v) is 6.53. The third-order valence-corrected chi connectivity index (χ3v) is 3.85. The van der Waals surface area contributed by atoms with Crippen LogP contribution in [0.25, 0.3) is 0 Å². The molecule has 1 aromatic rings. The van der Waals surface area contributed by atoms with E-state index in [9.17, 15) is 5.11 Å². The molecule has 15 heavy (non-hydrogen) atoms. The second-order valence-corrected chi connectivity index (χ2v) is 6.16. The minimum atomic E-state index is -0.412. The second-order valence-electron chi connectivity index (χ2n) is 3.61. The lowest BCUT2D eigenvalue weighted by Gasteiger charge is -2.18. The molecule has 5 heteroatoms. The Kier molecular flexibility index (Phi) is 5.78. The van der Waals surface area contributed by atoms with Crippen LogP contribution in [0.5, 0.6) is 0 Å². The summed E-state index contributed by atoms with van der Waals surface area (Å²) in [4.78, 5) is 3.46. The van der Waals surface area contributed by atoms with E-state index in [4.69, 9.17) is 5.73 Å². The number of nitrogens with two attached hydrogens (primary N) is 1. The van der Waals surface area contributed by atoms with Gasteiger partial charge in [-0.25, -0.2) is 0 Å². The molecule has 1 aromatic heterocycles. The third kappa shape index (κ3) is 5.08. The van der Waals surface area contributed by atoms with Crippen molar-refractivity contribution in [1.29, 1.82) is 0 Å². The van der Waals surface area contributed by atoms with Gasteiger partial charge in [-0.05, 0) is 41.5 Å². The van der Waals surface area contributed by atoms with Gasteiger partial charge in [0, 0.05) is 24.5 Å². The quantitative estimate of drug-likeness (QED) is 0.831. The fraction of sp³-hybridized carbons (Fsp3) is 0.600. The van der Waals surface area contributed by atoms with Crippen LogP contribution in [0.1, 0.15) is 4.88 Å². The predicted octanol–water partition coefficient (Wildman–Crippen LogP) is 1.30. The fourth-order valence-corrected chi connectivity index (χ4v) is 2.78. The Morgan fingerprint density at radius 3 is 2.87 bits per heavy atom. The van der Waals surface area contributed by atoms with Crippen molar-refractivity contribution in [1.82, 2.24) is 4.90 Å². The molecule has 0 saturated heterocycles. The smallest absolute Gasteiger partial charge is 0.0788 e. The highest BCUT2D eigenvalue weighted by Crippen LogP contribution is 2.22. The van der Waals surface area contributed by atoms with Crippen LogP contribution in [-0.2, 0) is 6.42 Å². The van der Waals surface area contributed by atoms with E-state index >= 15 is 0 Å². The largest absolute Gasteiger partial charge is 0.390 e. The molecule has 0 amide bonds. The summed E-state index contributed by atoms with van der Waals surface area (Å²) >= 11 is 5.20. The van der Waals surface area contributed by atoms with Crippen LogP contribution < -0.4 is 5.73 Å². The number of thiophene rings is 1. The molecule has 0 spiro atoms. The SMILES string of the molecule is CN(CCc1ccc(Br)s1)CC(O)CN. The summed E-state index contributed by atoms with van der Waals surface area (Å²) in [5.74, 6) is 0. The molecule has 3 nitrogen and oxygen atoms in total. The van der Waals surface area contributed by atoms with E-state index in [1.54, 1.807) is 11.3 Å². The van der Waals surface area contributed by atoms with Gasteiger partial charge in [0.25, 0.3) is 0 Å². The van der Waals surface area contributed by atoms with Crippen LogP contribution in [-0.4, -0.2) is 42.8 Å². The third-order valence-electron chi connectivity index (χ3n) is 2.16. The highest BCUT2D eigenvalue weighted by Gasteiger charge is 2.06. The number of halogens is 1. The maximum Gasteiger partial charge on any atom is 0.0788 e. The summed E-state index contributed by atoms with van der Waals surface area (Å²) in [6.45, 7) is 1.92. The molecule has 0 fully saturated rings. The lowest BCUT2D eigenvalue weighted by atomic mass is 10.3. The molecule has 1 atom stereocenters. The van der Waals surface area contributed by atoms with Crippen molar-refractivity contribution < 1.29 is 5.11 Å². The molecule has 3 N–H and O–H groups in total. The van der Waals surface area contributed by atoms with Crippen LogP contribution in [0.4, 0.5) is 0 Å². The first-order valence-electron chi connectivity index (χ1n) is 4.92. The molecule has 1 rings (SSSR count). The fourth-order valence-electron chi connectivity index (χ4n) is 1.31. The number of aliphatic hydroxyl groups excluding tert-OH is 1. The molecule has 0 saturated carbocycles. The standard InChI is InChI=1S/C10H17BrN2OS/c1-13(7-8(14)6-12)5-4-9-2-3-10(11)15-9/h2-3,8,14H,4-7,12H2,1H3. The highest BCUT2D eigenvalue weighted by molar-refractivity contribution is 9.11. The van der Waals surface area contributed by atoms with E-state index < -0.39 is 6.10 Å². The summed E-state index contributed by atoms with van der Waals surface area (Å²) in [7, 11) is 2.00. The van der Waals surface area contributed by atoms with Crippen LogP contribution in [0, 0.1) is 0 Å². The number of hydrogen-bond acceptors (Lipinski definition) is 4. The van der Waals surface area contributed by atoms with Gasteiger partial charge in [0.15, 0.2) is 0 Å². The van der Waals surface area contributed by atoms with Gasteiger partial charge in [0.05, 0.1) is 9.89 Å². The predicted molar refractivity (Wildman–Crippen MR) is 68.3 cm³/mol.